The molecule has 1 aliphatic heterocycles. The molecule has 3 heteroatoms. The van der Waals surface area contributed by atoms with Crippen molar-refractivity contribution in [3.8, 4) is 0 Å². The minimum Gasteiger partial charge on any atom is -0.355 e. The predicted molar refractivity (Wildman–Crippen MR) is 67.4 cm³/mol. The van der Waals surface area contributed by atoms with E-state index in [1.807, 2.05) is 6.07 Å². The number of hydrogen-bond acceptors (Lipinski definition) is 3. The van der Waals surface area contributed by atoms with Crippen molar-refractivity contribution in [2.24, 2.45) is 5.41 Å². The molecule has 0 radical (unpaired) electrons. The molecule has 0 spiro atoms. The Morgan fingerprint density at radius 2 is 2.06 bits per heavy atom. The minimum absolute atomic E-state index is 0.0295. The molecule has 1 aromatic rings. The maximum absolute atomic E-state index is 5.73. The van der Waals surface area contributed by atoms with Gasteiger partial charge in [0.05, 0.1) is 0 Å². The second-order valence-corrected chi connectivity index (χ2v) is 5.32. The highest BCUT2D eigenvalue weighted by Gasteiger charge is 2.36. The van der Waals surface area contributed by atoms with Crippen molar-refractivity contribution >= 4 is 0 Å². The van der Waals surface area contributed by atoms with Crippen molar-refractivity contribution in [2.45, 2.75) is 26.7 Å². The van der Waals surface area contributed by atoms with Gasteiger partial charge in [-0.1, -0.05) is 44.2 Å². The lowest BCUT2D eigenvalue weighted by Crippen LogP contribution is -2.50. The number of methoxy groups -OCH3 is 1. The standard InChI is InChI=1S/C14H21NO2/c1-14(2)10-15(11-17-13(14)16-3)9-12-7-5-4-6-8-12/h4-8,13H,9-11H2,1-3H3. The molecule has 1 fully saturated rings. The minimum atomic E-state index is -0.102. The van der Waals surface area contributed by atoms with E-state index in [0.717, 1.165) is 13.1 Å². The Labute approximate surface area is 103 Å². The number of benzene rings is 1. The van der Waals surface area contributed by atoms with Crippen molar-refractivity contribution in [1.29, 1.82) is 0 Å². The first-order chi connectivity index (χ1) is 8.12. The predicted octanol–water partition coefficient (Wildman–Crippen LogP) is 2.48. The van der Waals surface area contributed by atoms with Crippen LogP contribution in [0.5, 0.6) is 0 Å². The summed E-state index contributed by atoms with van der Waals surface area (Å²) in [5.41, 5.74) is 1.35. The molecule has 94 valence electrons. The van der Waals surface area contributed by atoms with E-state index in [2.05, 4.69) is 43.0 Å². The van der Waals surface area contributed by atoms with Crippen LogP contribution in [0.3, 0.4) is 0 Å². The molecule has 0 N–H and O–H groups in total. The van der Waals surface area contributed by atoms with Crippen LogP contribution in [0, 0.1) is 5.41 Å². The van der Waals surface area contributed by atoms with Crippen molar-refractivity contribution in [2.75, 3.05) is 20.4 Å². The van der Waals surface area contributed by atoms with Crippen LogP contribution in [-0.2, 0) is 16.0 Å². The van der Waals surface area contributed by atoms with Crippen LogP contribution in [0.1, 0.15) is 19.4 Å². The Morgan fingerprint density at radius 1 is 1.35 bits per heavy atom. The molecule has 1 atom stereocenters. The molecule has 0 aliphatic carbocycles. The third-order valence-electron chi connectivity index (χ3n) is 3.14. The average molecular weight is 235 g/mol. The summed E-state index contributed by atoms with van der Waals surface area (Å²) >= 11 is 0. The van der Waals surface area contributed by atoms with Crippen LogP contribution in [0.15, 0.2) is 30.3 Å². The molecule has 1 heterocycles. The third-order valence-corrected chi connectivity index (χ3v) is 3.14. The summed E-state index contributed by atoms with van der Waals surface area (Å²) < 4.78 is 11.1. The lowest BCUT2D eigenvalue weighted by atomic mass is 9.90. The summed E-state index contributed by atoms with van der Waals surface area (Å²) in [5, 5.41) is 0. The van der Waals surface area contributed by atoms with E-state index in [9.17, 15) is 0 Å². The van der Waals surface area contributed by atoms with Crippen LogP contribution in [-0.4, -0.2) is 31.6 Å². The van der Waals surface area contributed by atoms with Gasteiger partial charge in [0, 0.05) is 25.6 Å². The molecule has 3 nitrogen and oxygen atoms in total. The molecule has 1 aliphatic rings. The summed E-state index contributed by atoms with van der Waals surface area (Å²) in [6, 6.07) is 10.5. The highest BCUT2D eigenvalue weighted by molar-refractivity contribution is 5.14. The number of ether oxygens (including phenoxy) is 2. The fourth-order valence-corrected chi connectivity index (χ4v) is 2.43. The monoisotopic (exact) mass is 235 g/mol. The smallest absolute Gasteiger partial charge is 0.165 e. The fourth-order valence-electron chi connectivity index (χ4n) is 2.43. The summed E-state index contributed by atoms with van der Waals surface area (Å²) in [6.45, 7) is 6.91. The quantitative estimate of drug-likeness (QED) is 0.803. The van der Waals surface area contributed by atoms with Gasteiger partial charge >= 0.3 is 0 Å². The highest BCUT2D eigenvalue weighted by atomic mass is 16.7. The van der Waals surface area contributed by atoms with E-state index in [1.165, 1.54) is 5.56 Å². The zero-order valence-corrected chi connectivity index (χ0v) is 10.8. The van der Waals surface area contributed by atoms with E-state index in [0.29, 0.717) is 6.73 Å². The maximum atomic E-state index is 5.73. The van der Waals surface area contributed by atoms with Gasteiger partial charge in [0.15, 0.2) is 6.29 Å². The van der Waals surface area contributed by atoms with E-state index >= 15 is 0 Å². The lowest BCUT2D eigenvalue weighted by molar-refractivity contribution is -0.245. The van der Waals surface area contributed by atoms with E-state index in [1.54, 1.807) is 7.11 Å². The van der Waals surface area contributed by atoms with Crippen LogP contribution in [0.2, 0.25) is 0 Å². The summed E-state index contributed by atoms with van der Waals surface area (Å²) in [7, 11) is 1.71. The van der Waals surface area contributed by atoms with E-state index < -0.39 is 0 Å². The Balaban J connectivity index is 1.97. The van der Waals surface area contributed by atoms with Gasteiger partial charge in [-0.2, -0.15) is 0 Å². The van der Waals surface area contributed by atoms with Gasteiger partial charge in [-0.15, -0.1) is 0 Å². The van der Waals surface area contributed by atoms with E-state index in [-0.39, 0.29) is 11.7 Å². The highest BCUT2D eigenvalue weighted by Crippen LogP contribution is 2.30. The molecule has 0 bridgehead atoms. The topological polar surface area (TPSA) is 21.7 Å². The molecule has 17 heavy (non-hydrogen) atoms. The van der Waals surface area contributed by atoms with Gasteiger partial charge in [-0.25, -0.2) is 0 Å². The fraction of sp³-hybridized carbons (Fsp3) is 0.571. The van der Waals surface area contributed by atoms with Crippen LogP contribution < -0.4 is 0 Å². The van der Waals surface area contributed by atoms with Crippen molar-refractivity contribution in [3.05, 3.63) is 35.9 Å². The third kappa shape index (κ3) is 3.06. The van der Waals surface area contributed by atoms with Gasteiger partial charge in [-0.3, -0.25) is 4.90 Å². The molecular formula is C14H21NO2. The zero-order chi connectivity index (χ0) is 12.3. The van der Waals surface area contributed by atoms with Gasteiger partial charge in [0.2, 0.25) is 0 Å². The normalized spacial score (nSPS) is 24.8. The number of hydrogen-bond donors (Lipinski definition) is 0. The largest absolute Gasteiger partial charge is 0.355 e. The first kappa shape index (κ1) is 12.6. The van der Waals surface area contributed by atoms with Gasteiger partial charge < -0.3 is 9.47 Å². The van der Waals surface area contributed by atoms with Gasteiger partial charge in [0.25, 0.3) is 0 Å². The van der Waals surface area contributed by atoms with Crippen LogP contribution >= 0.6 is 0 Å². The molecule has 0 amide bonds. The summed E-state index contributed by atoms with van der Waals surface area (Å²) in [6.07, 6.45) is -0.102. The molecule has 0 saturated carbocycles. The van der Waals surface area contributed by atoms with Gasteiger partial charge in [0.1, 0.15) is 6.73 Å². The van der Waals surface area contributed by atoms with Crippen molar-refractivity contribution in [1.82, 2.24) is 4.90 Å². The van der Waals surface area contributed by atoms with Crippen LogP contribution in [0.4, 0.5) is 0 Å². The molecule has 2 rings (SSSR count). The summed E-state index contributed by atoms with van der Waals surface area (Å²) in [5.74, 6) is 0. The van der Waals surface area contributed by atoms with E-state index in [4.69, 9.17) is 9.47 Å². The molecule has 1 unspecified atom stereocenters. The number of nitrogens with zero attached hydrogens (tertiary/aromatic N) is 1. The first-order valence-electron chi connectivity index (χ1n) is 6.02. The first-order valence-corrected chi connectivity index (χ1v) is 6.02. The Bertz CT molecular complexity index is 350. The zero-order valence-electron chi connectivity index (χ0n) is 10.8. The number of rotatable bonds is 3. The second kappa shape index (κ2) is 5.17. The molecule has 1 aromatic carbocycles. The molecule has 0 aromatic heterocycles. The van der Waals surface area contributed by atoms with Gasteiger partial charge in [-0.05, 0) is 5.56 Å². The Morgan fingerprint density at radius 3 is 2.65 bits per heavy atom. The van der Waals surface area contributed by atoms with Crippen molar-refractivity contribution < 1.29 is 9.47 Å². The van der Waals surface area contributed by atoms with Crippen molar-refractivity contribution in [3.63, 3.8) is 0 Å². The second-order valence-electron chi connectivity index (χ2n) is 5.32. The summed E-state index contributed by atoms with van der Waals surface area (Å²) in [4.78, 5) is 2.31. The average Bonchev–Trinajstić information content (AvgIpc) is 2.29. The molecule has 1 saturated heterocycles. The van der Waals surface area contributed by atoms with Crippen LogP contribution in [0.25, 0.3) is 0 Å². The Kier molecular flexibility index (Phi) is 3.82. The maximum Gasteiger partial charge on any atom is 0.165 e. The lowest BCUT2D eigenvalue weighted by Gasteiger charge is -2.43. The Hall–Kier alpha value is -0.900. The molecular weight excluding hydrogens is 214 g/mol. The SMILES string of the molecule is COC1OCN(Cc2ccccc2)CC1(C)C.